The molecule has 0 saturated heterocycles. The first-order chi connectivity index (χ1) is 9.66. The highest BCUT2D eigenvalue weighted by Crippen LogP contribution is 2.14. The number of hydrogen-bond acceptors (Lipinski definition) is 3. The number of carbonyl (C=O) groups is 1. The van der Waals surface area contributed by atoms with Gasteiger partial charge in [-0.2, -0.15) is 0 Å². The molecule has 0 aromatic carbocycles. The van der Waals surface area contributed by atoms with E-state index < -0.39 is 0 Å². The van der Waals surface area contributed by atoms with Gasteiger partial charge in [-0.15, -0.1) is 0 Å². The van der Waals surface area contributed by atoms with Gasteiger partial charge in [-0.05, 0) is 30.9 Å². The van der Waals surface area contributed by atoms with E-state index in [1.165, 1.54) is 10.9 Å². The monoisotopic (exact) mass is 272 g/mol. The van der Waals surface area contributed by atoms with Crippen molar-refractivity contribution < 1.29 is 4.79 Å². The highest BCUT2D eigenvalue weighted by atomic mass is 16.2. The van der Waals surface area contributed by atoms with Crippen LogP contribution in [0.3, 0.4) is 0 Å². The van der Waals surface area contributed by atoms with Gasteiger partial charge in [0.25, 0.3) is 0 Å². The lowest BCUT2D eigenvalue weighted by molar-refractivity contribution is 0.242. The van der Waals surface area contributed by atoms with Crippen LogP contribution in [-0.4, -0.2) is 27.1 Å². The number of rotatable bonds is 5. The zero-order valence-corrected chi connectivity index (χ0v) is 11.9. The number of nitrogens with one attached hydrogen (secondary N) is 1. The molecule has 1 N–H and O–H groups in total. The average molecular weight is 272 g/mol. The van der Waals surface area contributed by atoms with Crippen molar-refractivity contribution in [1.29, 1.82) is 0 Å². The molecule has 2 heterocycles. The number of amides is 1. The molecule has 0 saturated carbocycles. The fourth-order valence-electron chi connectivity index (χ4n) is 1.89. The molecule has 0 aliphatic heterocycles. The Hall–Kier alpha value is -2.17. The average Bonchev–Trinajstić information content (AvgIpc) is 2.94. The highest BCUT2D eigenvalue weighted by Gasteiger charge is 2.07. The summed E-state index contributed by atoms with van der Waals surface area (Å²) in [6.07, 6.45) is 8.79. The van der Waals surface area contributed by atoms with Crippen molar-refractivity contribution in [2.45, 2.75) is 26.7 Å². The van der Waals surface area contributed by atoms with Crippen molar-refractivity contribution in [3.8, 4) is 11.3 Å². The molecular weight excluding hydrogens is 252 g/mol. The van der Waals surface area contributed by atoms with Crippen LogP contribution in [0.5, 0.6) is 0 Å². The standard InChI is InChI=1S/C15H20N4O/c1-12(2)5-3-8-17-15(20)19-10-14(18-11-19)13-6-4-7-16-9-13/h4,6-7,9-12H,3,5,8H2,1-2H3,(H,17,20). The first-order valence-corrected chi connectivity index (χ1v) is 6.89. The predicted molar refractivity (Wildman–Crippen MR) is 78.3 cm³/mol. The van der Waals surface area contributed by atoms with E-state index in [0.717, 1.165) is 24.1 Å². The Morgan fingerprint density at radius 1 is 1.45 bits per heavy atom. The molecule has 0 radical (unpaired) electrons. The quantitative estimate of drug-likeness (QED) is 0.851. The predicted octanol–water partition coefficient (Wildman–Crippen LogP) is 2.94. The van der Waals surface area contributed by atoms with E-state index in [0.29, 0.717) is 12.5 Å². The van der Waals surface area contributed by atoms with Gasteiger partial charge in [-0.3, -0.25) is 9.55 Å². The minimum absolute atomic E-state index is 0.142. The van der Waals surface area contributed by atoms with Gasteiger partial charge in [0.15, 0.2) is 0 Å². The van der Waals surface area contributed by atoms with Crippen LogP contribution >= 0.6 is 0 Å². The zero-order chi connectivity index (χ0) is 14.4. The second kappa shape index (κ2) is 6.84. The zero-order valence-electron chi connectivity index (χ0n) is 11.9. The number of imidazole rings is 1. The summed E-state index contributed by atoms with van der Waals surface area (Å²) in [5.41, 5.74) is 1.65. The van der Waals surface area contributed by atoms with E-state index in [1.54, 1.807) is 18.6 Å². The molecule has 0 atom stereocenters. The molecule has 2 rings (SSSR count). The summed E-state index contributed by atoms with van der Waals surface area (Å²) in [6.45, 7) is 5.05. The van der Waals surface area contributed by atoms with Crippen molar-refractivity contribution in [2.24, 2.45) is 5.92 Å². The lowest BCUT2D eigenvalue weighted by Crippen LogP contribution is -2.28. The Morgan fingerprint density at radius 2 is 2.30 bits per heavy atom. The molecule has 0 fully saturated rings. The molecule has 2 aromatic heterocycles. The van der Waals surface area contributed by atoms with E-state index >= 15 is 0 Å². The normalized spacial score (nSPS) is 10.8. The summed E-state index contributed by atoms with van der Waals surface area (Å²) in [4.78, 5) is 20.2. The van der Waals surface area contributed by atoms with E-state index in [2.05, 4.69) is 29.1 Å². The summed E-state index contributed by atoms with van der Waals surface area (Å²) in [6, 6.07) is 3.62. The van der Waals surface area contributed by atoms with Crippen LogP contribution in [0.2, 0.25) is 0 Å². The Morgan fingerprint density at radius 3 is 3.00 bits per heavy atom. The van der Waals surface area contributed by atoms with E-state index in [9.17, 15) is 4.79 Å². The second-order valence-electron chi connectivity index (χ2n) is 5.18. The fraction of sp³-hybridized carbons (Fsp3) is 0.400. The summed E-state index contributed by atoms with van der Waals surface area (Å²) in [5.74, 6) is 0.664. The van der Waals surface area contributed by atoms with Gasteiger partial charge in [0.05, 0.1) is 5.69 Å². The smallest absolute Gasteiger partial charge is 0.326 e. The number of nitrogens with zero attached hydrogens (tertiary/aromatic N) is 3. The molecule has 20 heavy (non-hydrogen) atoms. The van der Waals surface area contributed by atoms with Crippen molar-refractivity contribution in [2.75, 3.05) is 6.54 Å². The van der Waals surface area contributed by atoms with Crippen molar-refractivity contribution in [1.82, 2.24) is 19.9 Å². The van der Waals surface area contributed by atoms with Crippen LogP contribution in [0.25, 0.3) is 11.3 Å². The van der Waals surface area contributed by atoms with Crippen LogP contribution in [0.4, 0.5) is 4.79 Å². The molecule has 106 valence electrons. The maximum Gasteiger partial charge on any atom is 0.326 e. The van der Waals surface area contributed by atoms with Crippen molar-refractivity contribution in [3.05, 3.63) is 37.1 Å². The van der Waals surface area contributed by atoms with Gasteiger partial charge in [0.1, 0.15) is 6.33 Å². The van der Waals surface area contributed by atoms with Crippen LogP contribution in [0.15, 0.2) is 37.1 Å². The number of carbonyl (C=O) groups excluding carboxylic acids is 1. The summed E-state index contributed by atoms with van der Waals surface area (Å²) in [7, 11) is 0. The number of aromatic nitrogens is 3. The maximum absolute atomic E-state index is 11.9. The molecule has 0 aliphatic rings. The third kappa shape index (κ3) is 3.91. The minimum Gasteiger partial charge on any atom is -0.337 e. The van der Waals surface area contributed by atoms with Crippen LogP contribution in [0, 0.1) is 5.92 Å². The van der Waals surface area contributed by atoms with Gasteiger partial charge < -0.3 is 5.32 Å². The molecular formula is C15H20N4O. The summed E-state index contributed by atoms with van der Waals surface area (Å²) < 4.78 is 1.47. The Bertz CT molecular complexity index is 548. The fourth-order valence-corrected chi connectivity index (χ4v) is 1.89. The first-order valence-electron chi connectivity index (χ1n) is 6.89. The van der Waals surface area contributed by atoms with Gasteiger partial charge in [-0.1, -0.05) is 13.8 Å². The van der Waals surface area contributed by atoms with E-state index in [4.69, 9.17) is 0 Å². The third-order valence-electron chi connectivity index (χ3n) is 3.01. The molecule has 2 aromatic rings. The number of hydrogen-bond donors (Lipinski definition) is 1. The summed E-state index contributed by atoms with van der Waals surface area (Å²) in [5, 5.41) is 2.89. The number of pyridine rings is 1. The third-order valence-corrected chi connectivity index (χ3v) is 3.01. The van der Waals surface area contributed by atoms with Crippen molar-refractivity contribution >= 4 is 6.03 Å². The van der Waals surface area contributed by atoms with Gasteiger partial charge in [0, 0.05) is 30.7 Å². The molecule has 5 heteroatoms. The lowest BCUT2D eigenvalue weighted by Gasteiger charge is -2.06. The molecule has 5 nitrogen and oxygen atoms in total. The SMILES string of the molecule is CC(C)CCCNC(=O)n1cnc(-c2cccnc2)c1. The van der Waals surface area contributed by atoms with Crippen molar-refractivity contribution in [3.63, 3.8) is 0 Å². The topological polar surface area (TPSA) is 59.8 Å². The second-order valence-corrected chi connectivity index (χ2v) is 5.18. The molecule has 0 aliphatic carbocycles. The van der Waals surface area contributed by atoms with Crippen LogP contribution < -0.4 is 5.32 Å². The minimum atomic E-state index is -0.142. The van der Waals surface area contributed by atoms with E-state index in [-0.39, 0.29) is 6.03 Å². The molecule has 1 amide bonds. The lowest BCUT2D eigenvalue weighted by atomic mass is 10.1. The van der Waals surface area contributed by atoms with Crippen LogP contribution in [0.1, 0.15) is 26.7 Å². The Labute approximate surface area is 119 Å². The maximum atomic E-state index is 11.9. The van der Waals surface area contributed by atoms with E-state index in [1.807, 2.05) is 12.1 Å². The Kier molecular flexibility index (Phi) is 4.87. The Balaban J connectivity index is 1.90. The van der Waals surface area contributed by atoms with Gasteiger partial charge in [-0.25, -0.2) is 9.78 Å². The molecule has 0 spiro atoms. The molecule has 0 bridgehead atoms. The largest absolute Gasteiger partial charge is 0.337 e. The van der Waals surface area contributed by atoms with Gasteiger partial charge in [0.2, 0.25) is 0 Å². The highest BCUT2D eigenvalue weighted by molar-refractivity contribution is 5.77. The first kappa shape index (κ1) is 14.2. The summed E-state index contributed by atoms with van der Waals surface area (Å²) >= 11 is 0. The van der Waals surface area contributed by atoms with Crippen LogP contribution in [-0.2, 0) is 0 Å². The van der Waals surface area contributed by atoms with Gasteiger partial charge >= 0.3 is 6.03 Å². The molecule has 0 unspecified atom stereocenters.